The molecule has 146 valence electrons. The van der Waals surface area contributed by atoms with Crippen LogP contribution in [-0.2, 0) is 21.2 Å². The number of benzene rings is 1. The molecule has 1 aliphatic heterocycles. The minimum atomic E-state index is -3.71. The number of carbonyl (C=O) groups is 1. The van der Waals surface area contributed by atoms with E-state index in [1.165, 1.54) is 15.6 Å². The Labute approximate surface area is 163 Å². The van der Waals surface area contributed by atoms with Crippen LogP contribution in [0.25, 0.3) is 0 Å². The highest BCUT2D eigenvalue weighted by Gasteiger charge is 2.39. The number of hydrogen-bond donors (Lipinski definition) is 1. The van der Waals surface area contributed by atoms with Crippen molar-refractivity contribution < 1.29 is 13.2 Å². The summed E-state index contributed by atoms with van der Waals surface area (Å²) in [5.41, 5.74) is 0.984. The van der Waals surface area contributed by atoms with Crippen molar-refractivity contribution in [1.29, 1.82) is 0 Å². The molecule has 3 rings (SSSR count). The van der Waals surface area contributed by atoms with Crippen molar-refractivity contribution in [2.24, 2.45) is 5.92 Å². The smallest absolute Gasteiger partial charge is 0.244 e. The molecular formula is C18H24N4O3S2. The third-order valence-corrected chi connectivity index (χ3v) is 7.20. The first-order valence-corrected chi connectivity index (χ1v) is 11.2. The van der Waals surface area contributed by atoms with Crippen LogP contribution in [0.3, 0.4) is 0 Å². The lowest BCUT2D eigenvalue weighted by Crippen LogP contribution is -2.43. The van der Waals surface area contributed by atoms with Gasteiger partial charge in [-0.3, -0.25) is 10.1 Å². The molecule has 2 aromatic rings. The Morgan fingerprint density at radius 1 is 1.30 bits per heavy atom. The first-order valence-electron chi connectivity index (χ1n) is 8.99. The average molecular weight is 409 g/mol. The minimum absolute atomic E-state index is 0.211. The molecule has 1 atom stereocenters. The summed E-state index contributed by atoms with van der Waals surface area (Å²) in [4.78, 5) is 12.9. The summed E-state index contributed by atoms with van der Waals surface area (Å²) in [6.07, 6.45) is 1.94. The quantitative estimate of drug-likeness (QED) is 0.793. The van der Waals surface area contributed by atoms with Crippen molar-refractivity contribution in [2.45, 2.75) is 51.0 Å². The van der Waals surface area contributed by atoms with E-state index >= 15 is 0 Å². The highest BCUT2D eigenvalue weighted by molar-refractivity contribution is 7.89. The van der Waals surface area contributed by atoms with Crippen LogP contribution in [0.5, 0.6) is 0 Å². The Balaban J connectivity index is 1.74. The Bertz CT molecular complexity index is 907. The summed E-state index contributed by atoms with van der Waals surface area (Å²) in [6, 6.07) is 5.96. The van der Waals surface area contributed by atoms with E-state index in [0.29, 0.717) is 30.4 Å². The average Bonchev–Trinajstić information content (AvgIpc) is 3.24. The number of aryl methyl sites for hydroxylation is 1. The minimum Gasteiger partial charge on any atom is -0.299 e. The van der Waals surface area contributed by atoms with Gasteiger partial charge < -0.3 is 0 Å². The fraction of sp³-hybridized carbons (Fsp3) is 0.500. The molecule has 0 aliphatic carbocycles. The van der Waals surface area contributed by atoms with Crippen molar-refractivity contribution in [3.05, 3.63) is 34.8 Å². The summed E-state index contributed by atoms with van der Waals surface area (Å²) < 4.78 is 27.2. The van der Waals surface area contributed by atoms with Crippen LogP contribution < -0.4 is 5.32 Å². The molecule has 0 spiro atoms. The lowest BCUT2D eigenvalue weighted by molar-refractivity contribution is -0.119. The molecule has 1 unspecified atom stereocenters. The summed E-state index contributed by atoms with van der Waals surface area (Å²) >= 11 is 1.33. The third-order valence-electron chi connectivity index (χ3n) is 4.41. The molecule has 2 heterocycles. The van der Waals surface area contributed by atoms with Crippen LogP contribution in [0, 0.1) is 12.8 Å². The fourth-order valence-corrected chi connectivity index (χ4v) is 5.67. The molecule has 1 aromatic heterocycles. The number of amides is 1. The number of nitrogens with one attached hydrogen (secondary N) is 1. The molecule has 1 N–H and O–H groups in total. The summed E-state index contributed by atoms with van der Waals surface area (Å²) in [5.74, 6) is 0.0990. The van der Waals surface area contributed by atoms with Gasteiger partial charge in [0, 0.05) is 13.0 Å². The van der Waals surface area contributed by atoms with Gasteiger partial charge in [0.1, 0.15) is 11.0 Å². The van der Waals surface area contributed by atoms with Crippen LogP contribution in [0.1, 0.15) is 37.3 Å². The van der Waals surface area contributed by atoms with Crippen molar-refractivity contribution in [3.63, 3.8) is 0 Å². The van der Waals surface area contributed by atoms with Gasteiger partial charge in [0.15, 0.2) is 0 Å². The fourth-order valence-electron chi connectivity index (χ4n) is 3.06. The maximum atomic E-state index is 13.0. The van der Waals surface area contributed by atoms with Gasteiger partial charge in [-0.15, -0.1) is 10.2 Å². The lowest BCUT2D eigenvalue weighted by Gasteiger charge is -2.23. The number of aromatic nitrogens is 2. The van der Waals surface area contributed by atoms with Gasteiger partial charge in [-0.25, -0.2) is 8.42 Å². The van der Waals surface area contributed by atoms with Gasteiger partial charge >= 0.3 is 0 Å². The van der Waals surface area contributed by atoms with Crippen molar-refractivity contribution >= 4 is 32.4 Å². The van der Waals surface area contributed by atoms with E-state index in [0.717, 1.165) is 17.0 Å². The Morgan fingerprint density at radius 3 is 2.67 bits per heavy atom. The number of sulfonamides is 1. The zero-order valence-electron chi connectivity index (χ0n) is 15.7. The molecule has 0 radical (unpaired) electrons. The molecule has 0 saturated carbocycles. The second-order valence-corrected chi connectivity index (χ2v) is 10.1. The second-order valence-electron chi connectivity index (χ2n) is 7.18. The molecule has 1 amide bonds. The Hall–Kier alpha value is -1.84. The van der Waals surface area contributed by atoms with E-state index in [1.54, 1.807) is 24.3 Å². The standard InChI is InChI=1S/C18H24N4O3S2/c1-12(2)11-16-20-21-18(26-16)19-17(23)15-5-4-10-22(15)27(24,25)14-8-6-13(3)7-9-14/h6-9,12,15H,4-5,10-11H2,1-3H3,(H,19,21,23). The van der Waals surface area contributed by atoms with Crippen molar-refractivity contribution in [2.75, 3.05) is 11.9 Å². The Kier molecular flexibility index (Phi) is 5.92. The molecular weight excluding hydrogens is 384 g/mol. The first kappa shape index (κ1) is 19.9. The zero-order chi connectivity index (χ0) is 19.6. The van der Waals surface area contributed by atoms with Crippen LogP contribution in [0.15, 0.2) is 29.2 Å². The van der Waals surface area contributed by atoms with Crippen LogP contribution >= 0.6 is 11.3 Å². The van der Waals surface area contributed by atoms with E-state index in [-0.39, 0.29) is 10.8 Å². The van der Waals surface area contributed by atoms with E-state index in [9.17, 15) is 13.2 Å². The lowest BCUT2D eigenvalue weighted by atomic mass is 10.1. The van der Waals surface area contributed by atoms with Crippen LogP contribution in [0.4, 0.5) is 5.13 Å². The molecule has 0 bridgehead atoms. The molecule has 1 saturated heterocycles. The largest absolute Gasteiger partial charge is 0.299 e. The number of carbonyl (C=O) groups excluding carboxylic acids is 1. The highest BCUT2D eigenvalue weighted by atomic mass is 32.2. The van der Waals surface area contributed by atoms with Crippen molar-refractivity contribution in [3.8, 4) is 0 Å². The number of rotatable bonds is 6. The topological polar surface area (TPSA) is 92.3 Å². The number of hydrogen-bond acceptors (Lipinski definition) is 6. The molecule has 9 heteroatoms. The van der Waals surface area contributed by atoms with Crippen LogP contribution in [0.2, 0.25) is 0 Å². The van der Waals surface area contributed by atoms with Gasteiger partial charge in [-0.2, -0.15) is 4.31 Å². The van der Waals surface area contributed by atoms with Gasteiger partial charge in [0.05, 0.1) is 4.90 Å². The predicted octanol–water partition coefficient (Wildman–Crippen LogP) is 2.84. The first-order chi connectivity index (χ1) is 12.8. The number of anilines is 1. The van der Waals surface area contributed by atoms with Gasteiger partial charge in [-0.05, 0) is 37.8 Å². The maximum absolute atomic E-state index is 13.0. The molecule has 27 heavy (non-hydrogen) atoms. The molecule has 7 nitrogen and oxygen atoms in total. The maximum Gasteiger partial charge on any atom is 0.244 e. The molecule has 1 aliphatic rings. The third kappa shape index (κ3) is 4.53. The monoisotopic (exact) mass is 408 g/mol. The summed E-state index contributed by atoms with van der Waals surface area (Å²) in [5, 5.41) is 12.1. The zero-order valence-corrected chi connectivity index (χ0v) is 17.3. The predicted molar refractivity (Wildman–Crippen MR) is 105 cm³/mol. The number of nitrogens with zero attached hydrogens (tertiary/aromatic N) is 3. The summed E-state index contributed by atoms with van der Waals surface area (Å²) in [7, 11) is -3.71. The summed E-state index contributed by atoms with van der Waals surface area (Å²) in [6.45, 7) is 6.42. The second kappa shape index (κ2) is 8.04. The van der Waals surface area contributed by atoms with E-state index < -0.39 is 16.1 Å². The SMILES string of the molecule is Cc1ccc(S(=O)(=O)N2CCCC2C(=O)Nc2nnc(CC(C)C)s2)cc1. The van der Waals surface area contributed by atoms with Gasteiger partial charge in [0.2, 0.25) is 21.1 Å². The molecule has 1 aromatic carbocycles. The van der Waals surface area contributed by atoms with Gasteiger partial charge in [-0.1, -0.05) is 42.9 Å². The van der Waals surface area contributed by atoms with E-state index in [1.807, 2.05) is 6.92 Å². The van der Waals surface area contributed by atoms with Crippen LogP contribution in [-0.4, -0.2) is 41.4 Å². The van der Waals surface area contributed by atoms with E-state index in [4.69, 9.17) is 0 Å². The molecule has 1 fully saturated rings. The van der Waals surface area contributed by atoms with Crippen molar-refractivity contribution in [1.82, 2.24) is 14.5 Å². The Morgan fingerprint density at radius 2 is 2.00 bits per heavy atom. The normalized spacial score (nSPS) is 18.1. The van der Waals surface area contributed by atoms with E-state index in [2.05, 4.69) is 29.4 Å². The highest BCUT2D eigenvalue weighted by Crippen LogP contribution is 2.28. The van der Waals surface area contributed by atoms with Gasteiger partial charge in [0.25, 0.3) is 0 Å².